The SMILES string of the molecule is CCNC(=NCc1ccc(S(C)(=O)=O)c(C)c1)NCc1ccc(CN(C)C)cc1.I. The van der Waals surface area contributed by atoms with Gasteiger partial charge in [0, 0.05) is 25.9 Å². The number of hydrogen-bond donors (Lipinski definition) is 2. The van der Waals surface area contributed by atoms with E-state index < -0.39 is 9.84 Å². The summed E-state index contributed by atoms with van der Waals surface area (Å²) >= 11 is 0. The van der Waals surface area contributed by atoms with Crippen LogP contribution >= 0.6 is 24.0 Å². The second-order valence-electron chi connectivity index (χ2n) is 7.48. The van der Waals surface area contributed by atoms with Crippen LogP contribution in [0.3, 0.4) is 0 Å². The first-order chi connectivity index (χ1) is 13.7. The van der Waals surface area contributed by atoms with Gasteiger partial charge in [0.15, 0.2) is 15.8 Å². The van der Waals surface area contributed by atoms with Crippen LogP contribution in [0.25, 0.3) is 0 Å². The summed E-state index contributed by atoms with van der Waals surface area (Å²) in [5.74, 6) is 0.731. The van der Waals surface area contributed by atoms with Crippen molar-refractivity contribution in [1.82, 2.24) is 15.5 Å². The largest absolute Gasteiger partial charge is 0.357 e. The molecule has 0 saturated heterocycles. The second kappa shape index (κ2) is 12.3. The van der Waals surface area contributed by atoms with Crippen molar-refractivity contribution in [2.75, 3.05) is 26.9 Å². The Morgan fingerprint density at radius 2 is 1.60 bits per heavy atom. The Hall–Kier alpha value is -1.65. The van der Waals surface area contributed by atoms with Crippen LogP contribution in [0.1, 0.15) is 29.2 Å². The highest BCUT2D eigenvalue weighted by atomic mass is 127. The third-order valence-electron chi connectivity index (χ3n) is 4.38. The van der Waals surface area contributed by atoms with Gasteiger partial charge in [0.05, 0.1) is 11.4 Å². The zero-order valence-corrected chi connectivity index (χ0v) is 21.5. The van der Waals surface area contributed by atoms with E-state index in [2.05, 4.69) is 58.9 Å². The fourth-order valence-electron chi connectivity index (χ4n) is 3.05. The molecule has 2 aromatic rings. The van der Waals surface area contributed by atoms with Crippen LogP contribution in [0.2, 0.25) is 0 Å². The predicted molar refractivity (Wildman–Crippen MR) is 135 cm³/mol. The highest BCUT2D eigenvalue weighted by molar-refractivity contribution is 14.0. The Labute approximate surface area is 198 Å². The second-order valence-corrected chi connectivity index (χ2v) is 9.46. The number of nitrogens with zero attached hydrogens (tertiary/aromatic N) is 2. The standard InChI is InChI=1S/C22H32N4O2S.HI/c1-6-23-22(24-14-18-7-9-19(10-8-18)16-26(3)4)25-15-20-11-12-21(17(2)13-20)29(5,27)28;/h7-13H,6,14-16H2,1-5H3,(H2,23,24,25);1H. The predicted octanol–water partition coefficient (Wildman–Crippen LogP) is 3.33. The van der Waals surface area contributed by atoms with Gasteiger partial charge in [0.1, 0.15) is 0 Å². The van der Waals surface area contributed by atoms with Gasteiger partial charge in [0.2, 0.25) is 0 Å². The van der Waals surface area contributed by atoms with Crippen LogP contribution in [0.15, 0.2) is 52.4 Å². The third kappa shape index (κ3) is 8.61. The normalized spacial score (nSPS) is 11.9. The van der Waals surface area contributed by atoms with Gasteiger partial charge in [-0.15, -0.1) is 24.0 Å². The lowest BCUT2D eigenvalue weighted by Gasteiger charge is -2.13. The number of sulfone groups is 1. The lowest BCUT2D eigenvalue weighted by molar-refractivity contribution is 0.402. The average molecular weight is 545 g/mol. The lowest BCUT2D eigenvalue weighted by atomic mass is 10.1. The van der Waals surface area contributed by atoms with E-state index in [0.29, 0.717) is 18.0 Å². The quantitative estimate of drug-likeness (QED) is 0.303. The summed E-state index contributed by atoms with van der Waals surface area (Å²) in [6, 6.07) is 13.9. The number of rotatable bonds is 8. The highest BCUT2D eigenvalue weighted by Gasteiger charge is 2.10. The molecule has 0 atom stereocenters. The molecule has 8 heteroatoms. The number of guanidine groups is 1. The van der Waals surface area contributed by atoms with E-state index in [0.717, 1.165) is 30.2 Å². The molecule has 0 radical (unpaired) electrons. The van der Waals surface area contributed by atoms with Crippen molar-refractivity contribution in [3.05, 3.63) is 64.7 Å². The van der Waals surface area contributed by atoms with Gasteiger partial charge < -0.3 is 15.5 Å². The summed E-state index contributed by atoms with van der Waals surface area (Å²) in [7, 11) is 0.918. The molecule has 0 heterocycles. The van der Waals surface area contributed by atoms with Gasteiger partial charge in [-0.25, -0.2) is 13.4 Å². The van der Waals surface area contributed by atoms with E-state index in [1.54, 1.807) is 6.07 Å². The first-order valence-electron chi connectivity index (χ1n) is 9.73. The van der Waals surface area contributed by atoms with Crippen molar-refractivity contribution < 1.29 is 8.42 Å². The van der Waals surface area contributed by atoms with Crippen molar-refractivity contribution in [2.45, 2.75) is 38.4 Å². The smallest absolute Gasteiger partial charge is 0.191 e. The minimum Gasteiger partial charge on any atom is -0.357 e. The van der Waals surface area contributed by atoms with Gasteiger partial charge in [-0.1, -0.05) is 36.4 Å². The number of nitrogens with one attached hydrogen (secondary N) is 2. The molecule has 0 saturated carbocycles. The van der Waals surface area contributed by atoms with Crippen LogP contribution in [0, 0.1) is 6.92 Å². The zero-order chi connectivity index (χ0) is 21.4. The average Bonchev–Trinajstić information content (AvgIpc) is 2.63. The first kappa shape index (κ1) is 26.4. The summed E-state index contributed by atoms with van der Waals surface area (Å²) in [6.07, 6.45) is 1.23. The summed E-state index contributed by atoms with van der Waals surface area (Å²) in [5.41, 5.74) is 4.19. The third-order valence-corrected chi connectivity index (χ3v) is 5.64. The topological polar surface area (TPSA) is 73.8 Å². The molecule has 2 rings (SSSR count). The van der Waals surface area contributed by atoms with E-state index in [4.69, 9.17) is 0 Å². The van der Waals surface area contributed by atoms with Crippen LogP contribution < -0.4 is 10.6 Å². The van der Waals surface area contributed by atoms with Gasteiger partial charge in [0.25, 0.3) is 0 Å². The summed E-state index contributed by atoms with van der Waals surface area (Å²) in [6.45, 7) is 6.68. The summed E-state index contributed by atoms with van der Waals surface area (Å²) in [5, 5.41) is 6.60. The molecule has 0 bridgehead atoms. The number of halogens is 1. The van der Waals surface area contributed by atoms with E-state index in [-0.39, 0.29) is 24.0 Å². The molecule has 0 aliphatic heterocycles. The van der Waals surface area contributed by atoms with Gasteiger partial charge in [-0.2, -0.15) is 0 Å². The Bertz CT molecular complexity index is 942. The van der Waals surface area contributed by atoms with Gasteiger partial charge >= 0.3 is 0 Å². The van der Waals surface area contributed by atoms with E-state index in [1.165, 1.54) is 17.4 Å². The minimum absolute atomic E-state index is 0. The molecule has 0 aliphatic carbocycles. The van der Waals surface area contributed by atoms with Crippen LogP contribution in [0.4, 0.5) is 0 Å². The van der Waals surface area contributed by atoms with Crippen molar-refractivity contribution in [2.24, 2.45) is 4.99 Å². The van der Waals surface area contributed by atoms with E-state index in [1.807, 2.05) is 26.0 Å². The molecule has 2 aromatic carbocycles. The summed E-state index contributed by atoms with van der Waals surface area (Å²) in [4.78, 5) is 7.14. The Morgan fingerprint density at radius 3 is 2.13 bits per heavy atom. The van der Waals surface area contributed by atoms with Crippen LogP contribution in [-0.4, -0.2) is 46.2 Å². The van der Waals surface area contributed by atoms with E-state index >= 15 is 0 Å². The lowest BCUT2D eigenvalue weighted by Crippen LogP contribution is -2.36. The molecule has 0 amide bonds. The molecule has 0 aliphatic rings. The number of benzene rings is 2. The van der Waals surface area contributed by atoms with Crippen molar-refractivity contribution in [1.29, 1.82) is 0 Å². The molecular weight excluding hydrogens is 511 g/mol. The molecule has 0 fully saturated rings. The fourth-order valence-corrected chi connectivity index (χ4v) is 4.01. The molecule has 0 spiro atoms. The van der Waals surface area contributed by atoms with Crippen LogP contribution in [-0.2, 0) is 29.5 Å². The first-order valence-corrected chi connectivity index (χ1v) is 11.6. The number of hydrogen-bond acceptors (Lipinski definition) is 4. The molecule has 166 valence electrons. The highest BCUT2D eigenvalue weighted by Crippen LogP contribution is 2.17. The van der Waals surface area contributed by atoms with Crippen molar-refractivity contribution >= 4 is 39.8 Å². The molecule has 0 unspecified atom stereocenters. The zero-order valence-electron chi connectivity index (χ0n) is 18.4. The van der Waals surface area contributed by atoms with Crippen molar-refractivity contribution in [3.63, 3.8) is 0 Å². The molecule has 6 nitrogen and oxygen atoms in total. The minimum atomic E-state index is -3.20. The van der Waals surface area contributed by atoms with Gasteiger partial charge in [-0.05, 0) is 56.3 Å². The summed E-state index contributed by atoms with van der Waals surface area (Å²) < 4.78 is 23.5. The molecular formula is C22H33IN4O2S. The fraction of sp³-hybridized carbons (Fsp3) is 0.409. The van der Waals surface area contributed by atoms with E-state index in [9.17, 15) is 8.42 Å². The van der Waals surface area contributed by atoms with Crippen LogP contribution in [0.5, 0.6) is 0 Å². The molecule has 30 heavy (non-hydrogen) atoms. The Morgan fingerprint density at radius 1 is 1.00 bits per heavy atom. The maximum atomic E-state index is 11.8. The molecule has 2 N–H and O–H groups in total. The molecule has 0 aromatic heterocycles. The maximum Gasteiger partial charge on any atom is 0.191 e. The Balaban J connectivity index is 0.00000450. The van der Waals surface area contributed by atoms with Gasteiger partial charge in [-0.3, -0.25) is 0 Å². The maximum absolute atomic E-state index is 11.8. The number of aryl methyl sites for hydroxylation is 1. The Kier molecular flexibility index (Phi) is 10.8. The number of aliphatic imine (C=N–C) groups is 1. The monoisotopic (exact) mass is 544 g/mol. The van der Waals surface area contributed by atoms with Crippen molar-refractivity contribution in [3.8, 4) is 0 Å².